The van der Waals surface area contributed by atoms with Gasteiger partial charge in [-0.05, 0) is 25.1 Å². The van der Waals surface area contributed by atoms with Crippen molar-refractivity contribution in [2.75, 3.05) is 16.7 Å². The second kappa shape index (κ2) is 8.07. The van der Waals surface area contributed by atoms with Crippen molar-refractivity contribution in [1.82, 2.24) is 9.78 Å². The van der Waals surface area contributed by atoms with Crippen LogP contribution in [0.3, 0.4) is 0 Å². The molecule has 0 saturated heterocycles. The first-order valence-corrected chi connectivity index (χ1v) is 10.3. The Labute approximate surface area is 177 Å². The minimum absolute atomic E-state index is 0.000485. The first-order chi connectivity index (χ1) is 14.5. The summed E-state index contributed by atoms with van der Waals surface area (Å²) in [4.78, 5) is 23.0. The second-order valence-electron chi connectivity index (χ2n) is 6.70. The molecule has 1 aromatic heterocycles. The number of carbonyl (C=O) groups excluding carboxylic acids is 1. The number of nitrogens with one attached hydrogen (secondary N) is 1. The smallest absolute Gasteiger partial charge is 0.273 e. The third-order valence-corrected chi connectivity index (χ3v) is 6.33. The lowest BCUT2D eigenvalue weighted by Gasteiger charge is -2.21. The Morgan fingerprint density at radius 1 is 1.23 bits per heavy atom. The fourth-order valence-corrected chi connectivity index (χ4v) is 4.12. The quantitative estimate of drug-likeness (QED) is 0.336. The monoisotopic (exact) mass is 445 g/mol. The lowest BCUT2D eigenvalue weighted by molar-refractivity contribution is -0.384. The first kappa shape index (κ1) is 21.8. The zero-order valence-corrected chi connectivity index (χ0v) is 17.6. The van der Waals surface area contributed by atoms with E-state index in [-0.39, 0.29) is 27.7 Å². The van der Waals surface area contributed by atoms with Crippen LogP contribution in [0.4, 0.5) is 17.2 Å². The maximum atomic E-state index is 13.0. The van der Waals surface area contributed by atoms with Crippen molar-refractivity contribution < 1.29 is 23.2 Å². The van der Waals surface area contributed by atoms with E-state index in [1.165, 1.54) is 43.2 Å². The van der Waals surface area contributed by atoms with E-state index in [4.69, 9.17) is 0 Å². The number of rotatable bonds is 6. The Hall–Kier alpha value is -3.93. The third kappa shape index (κ3) is 4.19. The number of aromatic nitrogens is 2. The molecule has 162 valence electrons. The molecule has 3 rings (SSSR count). The SMILES string of the molecule is Cc1ccc(S(=O)(=O)N(C)c2c(C(=O)Nc3ccc([N+](=O)[O-])cc3O)cnn2C)cc1. The predicted octanol–water partition coefficient (Wildman–Crippen LogP) is 2.42. The molecule has 0 fully saturated rings. The van der Waals surface area contributed by atoms with Crippen LogP contribution in [0.15, 0.2) is 53.6 Å². The van der Waals surface area contributed by atoms with Gasteiger partial charge in [0, 0.05) is 20.2 Å². The summed E-state index contributed by atoms with van der Waals surface area (Å²) < 4.78 is 28.2. The highest BCUT2D eigenvalue weighted by molar-refractivity contribution is 7.92. The standard InChI is InChI=1S/C19H19N5O6S/c1-12-4-7-14(8-5-12)31(29,30)23(3)19-15(11-20-22(19)2)18(26)21-16-9-6-13(24(27)28)10-17(16)25/h4-11,25H,1-3H3,(H,21,26). The Balaban J connectivity index is 1.94. The van der Waals surface area contributed by atoms with Gasteiger partial charge >= 0.3 is 0 Å². The summed E-state index contributed by atoms with van der Waals surface area (Å²) in [5, 5.41) is 27.2. The van der Waals surface area contributed by atoms with Crippen molar-refractivity contribution in [1.29, 1.82) is 0 Å². The molecule has 12 heteroatoms. The van der Waals surface area contributed by atoms with E-state index in [1.54, 1.807) is 12.1 Å². The molecule has 1 amide bonds. The van der Waals surface area contributed by atoms with Gasteiger partial charge in [0.15, 0.2) is 5.82 Å². The molecule has 3 aromatic rings. The fourth-order valence-electron chi connectivity index (χ4n) is 2.88. The zero-order valence-electron chi connectivity index (χ0n) is 16.8. The van der Waals surface area contributed by atoms with E-state index in [1.807, 2.05) is 6.92 Å². The molecule has 0 unspecified atom stereocenters. The molecule has 0 saturated carbocycles. The minimum Gasteiger partial charge on any atom is -0.506 e. The fraction of sp³-hybridized carbons (Fsp3) is 0.158. The number of benzene rings is 2. The second-order valence-corrected chi connectivity index (χ2v) is 8.67. The number of carbonyl (C=O) groups is 1. The van der Waals surface area contributed by atoms with Crippen LogP contribution in [0.1, 0.15) is 15.9 Å². The molecule has 0 atom stereocenters. The van der Waals surface area contributed by atoms with Gasteiger partial charge in [0.1, 0.15) is 11.3 Å². The van der Waals surface area contributed by atoms with Gasteiger partial charge in [-0.3, -0.25) is 23.9 Å². The van der Waals surface area contributed by atoms with E-state index >= 15 is 0 Å². The summed E-state index contributed by atoms with van der Waals surface area (Å²) in [7, 11) is -1.20. The number of nitro groups is 1. The molecular formula is C19H19N5O6S. The van der Waals surface area contributed by atoms with Gasteiger partial charge in [-0.15, -0.1) is 0 Å². The van der Waals surface area contributed by atoms with E-state index in [0.717, 1.165) is 22.0 Å². The molecule has 31 heavy (non-hydrogen) atoms. The van der Waals surface area contributed by atoms with Crippen molar-refractivity contribution in [3.05, 3.63) is 69.9 Å². The summed E-state index contributed by atoms with van der Waals surface area (Å²) in [6, 6.07) is 9.44. The van der Waals surface area contributed by atoms with Gasteiger partial charge in [0.2, 0.25) is 0 Å². The molecule has 2 N–H and O–H groups in total. The number of phenolic OH excluding ortho intramolecular Hbond substituents is 1. The largest absolute Gasteiger partial charge is 0.506 e. The van der Waals surface area contributed by atoms with Crippen LogP contribution in [-0.4, -0.2) is 41.2 Å². The van der Waals surface area contributed by atoms with Crippen molar-refractivity contribution in [3.8, 4) is 5.75 Å². The van der Waals surface area contributed by atoms with E-state index in [2.05, 4.69) is 10.4 Å². The normalized spacial score (nSPS) is 11.2. The number of sulfonamides is 1. The summed E-state index contributed by atoms with van der Waals surface area (Å²) in [6.07, 6.45) is 1.19. The number of hydrogen-bond donors (Lipinski definition) is 2. The van der Waals surface area contributed by atoms with Crippen molar-refractivity contribution in [2.45, 2.75) is 11.8 Å². The molecule has 0 spiro atoms. The maximum Gasteiger partial charge on any atom is 0.273 e. The Kier molecular flexibility index (Phi) is 5.66. The number of nitro benzene ring substituents is 1. The highest BCUT2D eigenvalue weighted by atomic mass is 32.2. The summed E-state index contributed by atoms with van der Waals surface area (Å²) in [5.41, 5.74) is 0.402. The average molecular weight is 445 g/mol. The number of phenols is 1. The summed E-state index contributed by atoms with van der Waals surface area (Å²) in [5.74, 6) is -1.26. The molecule has 0 aliphatic carbocycles. The number of anilines is 2. The van der Waals surface area contributed by atoms with Crippen LogP contribution < -0.4 is 9.62 Å². The van der Waals surface area contributed by atoms with Crippen LogP contribution in [0.25, 0.3) is 0 Å². The third-order valence-electron chi connectivity index (χ3n) is 4.57. The van der Waals surface area contributed by atoms with Gasteiger partial charge in [-0.1, -0.05) is 17.7 Å². The molecule has 0 bridgehead atoms. The summed E-state index contributed by atoms with van der Waals surface area (Å²) >= 11 is 0. The van der Waals surface area contributed by atoms with Crippen LogP contribution in [0.2, 0.25) is 0 Å². The first-order valence-electron chi connectivity index (χ1n) is 8.88. The van der Waals surface area contributed by atoms with Crippen LogP contribution in [0.5, 0.6) is 5.75 Å². The number of non-ortho nitro benzene ring substituents is 1. The Morgan fingerprint density at radius 3 is 2.45 bits per heavy atom. The molecular weight excluding hydrogens is 426 g/mol. The highest BCUT2D eigenvalue weighted by Crippen LogP contribution is 2.30. The molecule has 0 aliphatic rings. The minimum atomic E-state index is -3.99. The lowest BCUT2D eigenvalue weighted by atomic mass is 10.2. The molecule has 0 aliphatic heterocycles. The molecule has 0 radical (unpaired) electrons. The topological polar surface area (TPSA) is 148 Å². The van der Waals surface area contributed by atoms with Gasteiger partial charge in [0.05, 0.1) is 27.8 Å². The average Bonchev–Trinajstić information content (AvgIpc) is 3.10. The zero-order chi connectivity index (χ0) is 22.9. The van der Waals surface area contributed by atoms with Gasteiger partial charge in [-0.25, -0.2) is 8.42 Å². The number of hydrogen-bond acceptors (Lipinski definition) is 7. The van der Waals surface area contributed by atoms with Crippen LogP contribution in [-0.2, 0) is 17.1 Å². The van der Waals surface area contributed by atoms with Crippen LogP contribution >= 0.6 is 0 Å². The van der Waals surface area contributed by atoms with Gasteiger partial charge in [0.25, 0.3) is 21.6 Å². The van der Waals surface area contributed by atoms with Gasteiger partial charge in [-0.2, -0.15) is 5.10 Å². The Bertz CT molecular complexity index is 1270. The molecule has 1 heterocycles. The van der Waals surface area contributed by atoms with E-state index < -0.39 is 26.6 Å². The number of aryl methyl sites for hydroxylation is 2. The van der Waals surface area contributed by atoms with E-state index in [0.29, 0.717) is 0 Å². The summed E-state index contributed by atoms with van der Waals surface area (Å²) in [6.45, 7) is 1.83. The van der Waals surface area contributed by atoms with Crippen molar-refractivity contribution in [3.63, 3.8) is 0 Å². The maximum absolute atomic E-state index is 13.0. The van der Waals surface area contributed by atoms with Crippen molar-refractivity contribution >= 4 is 33.1 Å². The number of nitrogens with zero attached hydrogens (tertiary/aromatic N) is 4. The molecule has 11 nitrogen and oxygen atoms in total. The Morgan fingerprint density at radius 2 is 1.87 bits per heavy atom. The predicted molar refractivity (Wildman–Crippen MR) is 113 cm³/mol. The van der Waals surface area contributed by atoms with E-state index in [9.17, 15) is 28.4 Å². The highest BCUT2D eigenvalue weighted by Gasteiger charge is 2.29. The number of aromatic hydroxyl groups is 1. The van der Waals surface area contributed by atoms with Gasteiger partial charge < -0.3 is 10.4 Å². The lowest BCUT2D eigenvalue weighted by Crippen LogP contribution is -2.30. The van der Waals surface area contributed by atoms with Crippen molar-refractivity contribution in [2.24, 2.45) is 7.05 Å². The van der Waals surface area contributed by atoms with Crippen LogP contribution in [0, 0.1) is 17.0 Å². The number of amides is 1. The molecule has 2 aromatic carbocycles.